The van der Waals surface area contributed by atoms with E-state index in [0.717, 1.165) is 0 Å². The van der Waals surface area contributed by atoms with E-state index in [9.17, 15) is 29.8 Å². The molecule has 0 bridgehead atoms. The van der Waals surface area contributed by atoms with E-state index >= 15 is 0 Å². The summed E-state index contributed by atoms with van der Waals surface area (Å²) >= 11 is 0. The van der Waals surface area contributed by atoms with Gasteiger partial charge in [0.05, 0.1) is 19.8 Å². The molecule has 0 saturated heterocycles. The fraction of sp³-hybridized carbons (Fsp3) is 0.846. The van der Waals surface area contributed by atoms with Gasteiger partial charge in [0, 0.05) is 6.42 Å². The van der Waals surface area contributed by atoms with E-state index in [1.54, 1.807) is 0 Å². The van der Waals surface area contributed by atoms with Crippen LogP contribution in [0, 0.1) is 20.2 Å². The number of carbonyl (C=O) groups is 2. The molecule has 0 fully saturated rings. The van der Waals surface area contributed by atoms with E-state index in [0.29, 0.717) is 19.3 Å². The minimum absolute atomic E-state index is 0.000512. The SMILES string of the molecule is NC(COC(=O)CCCCCO[N+](=O)[O-])C(=O)OCCOCCO[N+](=O)[O-]. The second-order valence-corrected chi connectivity index (χ2v) is 4.99. The summed E-state index contributed by atoms with van der Waals surface area (Å²) in [6.07, 6.45) is 1.52. The molecular weight excluding hydrogens is 374 g/mol. The summed E-state index contributed by atoms with van der Waals surface area (Å²) in [5.41, 5.74) is 5.52. The number of hydrogen-bond acceptors (Lipinski definition) is 12. The van der Waals surface area contributed by atoms with Gasteiger partial charge in [-0.05, 0) is 12.8 Å². The largest absolute Gasteiger partial charge is 0.463 e. The van der Waals surface area contributed by atoms with Crippen LogP contribution in [0.4, 0.5) is 0 Å². The minimum Gasteiger partial charge on any atom is -0.463 e. The Bertz CT molecular complexity index is 474. The van der Waals surface area contributed by atoms with Crippen molar-refractivity contribution in [3.8, 4) is 0 Å². The van der Waals surface area contributed by atoms with Crippen molar-refractivity contribution >= 4 is 11.9 Å². The van der Waals surface area contributed by atoms with Gasteiger partial charge in [0.25, 0.3) is 10.2 Å². The van der Waals surface area contributed by atoms with Gasteiger partial charge in [0.1, 0.15) is 25.9 Å². The highest BCUT2D eigenvalue weighted by molar-refractivity contribution is 5.76. The van der Waals surface area contributed by atoms with Gasteiger partial charge in [-0.3, -0.25) is 9.59 Å². The van der Waals surface area contributed by atoms with E-state index in [2.05, 4.69) is 9.68 Å². The summed E-state index contributed by atoms with van der Waals surface area (Å²) in [6.45, 7) is -0.783. The van der Waals surface area contributed by atoms with Crippen LogP contribution in [-0.2, 0) is 33.5 Å². The number of unbranched alkanes of at least 4 members (excludes halogenated alkanes) is 2. The Morgan fingerprint density at radius 3 is 2.15 bits per heavy atom. The van der Waals surface area contributed by atoms with E-state index in [1.807, 2.05) is 0 Å². The molecule has 27 heavy (non-hydrogen) atoms. The van der Waals surface area contributed by atoms with Gasteiger partial charge >= 0.3 is 11.9 Å². The predicted molar refractivity (Wildman–Crippen MR) is 85.1 cm³/mol. The van der Waals surface area contributed by atoms with E-state index in [1.165, 1.54) is 0 Å². The number of nitrogens with zero attached hydrogens (tertiary/aromatic N) is 2. The Labute approximate surface area is 154 Å². The first-order chi connectivity index (χ1) is 12.8. The molecule has 0 aromatic heterocycles. The lowest BCUT2D eigenvalue weighted by Crippen LogP contribution is -2.38. The number of carbonyl (C=O) groups excluding carboxylic acids is 2. The number of esters is 2. The van der Waals surface area contributed by atoms with Gasteiger partial charge in [0.15, 0.2) is 0 Å². The van der Waals surface area contributed by atoms with Crippen LogP contribution in [0.3, 0.4) is 0 Å². The summed E-state index contributed by atoms with van der Waals surface area (Å²) in [7, 11) is 0. The van der Waals surface area contributed by atoms with Crippen molar-refractivity contribution in [2.24, 2.45) is 5.73 Å². The Morgan fingerprint density at radius 2 is 1.48 bits per heavy atom. The molecule has 2 N–H and O–H groups in total. The maximum absolute atomic E-state index is 11.5. The third kappa shape index (κ3) is 16.5. The zero-order valence-electron chi connectivity index (χ0n) is 14.6. The van der Waals surface area contributed by atoms with Crippen molar-refractivity contribution in [1.82, 2.24) is 0 Å². The molecule has 0 amide bonds. The molecule has 1 atom stereocenters. The van der Waals surface area contributed by atoms with Crippen LogP contribution in [0.25, 0.3) is 0 Å². The minimum atomic E-state index is -1.15. The molecule has 0 radical (unpaired) electrons. The smallest absolute Gasteiger partial charge is 0.326 e. The van der Waals surface area contributed by atoms with Crippen LogP contribution in [0.2, 0.25) is 0 Å². The molecule has 0 spiro atoms. The lowest BCUT2D eigenvalue weighted by atomic mass is 10.2. The third-order valence-corrected chi connectivity index (χ3v) is 2.84. The fourth-order valence-electron chi connectivity index (χ4n) is 1.59. The first kappa shape index (κ1) is 24.3. The molecular formula is C13H23N3O11. The molecule has 156 valence electrons. The topological polar surface area (TPSA) is 193 Å². The van der Waals surface area contributed by atoms with Crippen molar-refractivity contribution in [2.45, 2.75) is 31.7 Å². The second kappa shape index (κ2) is 15.5. The van der Waals surface area contributed by atoms with Crippen LogP contribution in [0.15, 0.2) is 0 Å². The van der Waals surface area contributed by atoms with Crippen LogP contribution in [0.5, 0.6) is 0 Å². The average Bonchev–Trinajstić information content (AvgIpc) is 2.60. The molecule has 14 heteroatoms. The van der Waals surface area contributed by atoms with Gasteiger partial charge < -0.3 is 29.6 Å². The molecule has 0 aliphatic carbocycles. The standard InChI is InChI=1S/C13H23N3O11/c14-11(13(18)24-8-6-23-7-9-27-16(21)22)10-25-12(17)4-2-1-3-5-26-15(19)20/h11H,1-10,14H2. The highest BCUT2D eigenvalue weighted by Crippen LogP contribution is 2.02. The summed E-state index contributed by atoms with van der Waals surface area (Å²) in [4.78, 5) is 50.9. The van der Waals surface area contributed by atoms with Crippen LogP contribution in [-0.4, -0.2) is 67.8 Å². The summed E-state index contributed by atoms with van der Waals surface area (Å²) in [6, 6.07) is -1.15. The predicted octanol–water partition coefficient (Wildman–Crippen LogP) is -0.606. The first-order valence-corrected chi connectivity index (χ1v) is 8.03. The normalized spacial score (nSPS) is 11.3. The van der Waals surface area contributed by atoms with E-state index in [-0.39, 0.29) is 46.1 Å². The van der Waals surface area contributed by atoms with Crippen LogP contribution < -0.4 is 5.73 Å². The van der Waals surface area contributed by atoms with Crippen molar-refractivity contribution in [3.05, 3.63) is 20.2 Å². The quantitative estimate of drug-likeness (QED) is 0.142. The Kier molecular flexibility index (Phi) is 13.9. The number of nitrogens with two attached hydrogens (primary N) is 1. The molecule has 14 nitrogen and oxygen atoms in total. The molecule has 0 aromatic carbocycles. The molecule has 0 aromatic rings. The lowest BCUT2D eigenvalue weighted by molar-refractivity contribution is -0.758. The zero-order valence-corrected chi connectivity index (χ0v) is 14.6. The number of rotatable bonds is 17. The summed E-state index contributed by atoms with van der Waals surface area (Å²) in [5.74, 6) is -1.34. The third-order valence-electron chi connectivity index (χ3n) is 2.84. The molecule has 0 rings (SSSR count). The second-order valence-electron chi connectivity index (χ2n) is 4.99. The summed E-state index contributed by atoms with van der Waals surface area (Å²) in [5, 5.41) is 17.9. The lowest BCUT2D eigenvalue weighted by Gasteiger charge is -2.12. The van der Waals surface area contributed by atoms with E-state index < -0.39 is 28.2 Å². The molecule has 0 aliphatic heterocycles. The van der Waals surface area contributed by atoms with Crippen molar-refractivity contribution in [3.63, 3.8) is 0 Å². The van der Waals surface area contributed by atoms with Crippen molar-refractivity contribution in [2.75, 3.05) is 39.6 Å². The molecule has 0 heterocycles. The fourth-order valence-corrected chi connectivity index (χ4v) is 1.59. The molecule has 0 saturated carbocycles. The molecule has 1 unspecified atom stereocenters. The van der Waals surface area contributed by atoms with Crippen molar-refractivity contribution < 1.29 is 43.6 Å². The van der Waals surface area contributed by atoms with Crippen molar-refractivity contribution in [1.29, 1.82) is 0 Å². The van der Waals surface area contributed by atoms with Gasteiger partial charge in [-0.2, -0.15) is 0 Å². The Morgan fingerprint density at radius 1 is 0.852 bits per heavy atom. The molecule has 0 aliphatic rings. The Hall–Kier alpha value is -2.74. The highest BCUT2D eigenvalue weighted by Gasteiger charge is 2.17. The van der Waals surface area contributed by atoms with Gasteiger partial charge in [-0.15, -0.1) is 20.2 Å². The zero-order chi connectivity index (χ0) is 20.5. The van der Waals surface area contributed by atoms with Crippen LogP contribution in [0.1, 0.15) is 25.7 Å². The van der Waals surface area contributed by atoms with Gasteiger partial charge in [-0.25, -0.2) is 0 Å². The van der Waals surface area contributed by atoms with Gasteiger partial charge in [-0.1, -0.05) is 6.42 Å². The van der Waals surface area contributed by atoms with Crippen LogP contribution >= 0.6 is 0 Å². The summed E-state index contributed by atoms with van der Waals surface area (Å²) < 4.78 is 14.5. The number of hydrogen-bond donors (Lipinski definition) is 1. The highest BCUT2D eigenvalue weighted by atomic mass is 17.0. The number of ether oxygens (including phenoxy) is 3. The first-order valence-electron chi connectivity index (χ1n) is 8.03. The maximum atomic E-state index is 11.5. The maximum Gasteiger partial charge on any atom is 0.326 e. The monoisotopic (exact) mass is 397 g/mol. The Balaban J connectivity index is 3.59. The average molecular weight is 397 g/mol. The van der Waals surface area contributed by atoms with E-state index in [4.69, 9.17) is 19.9 Å². The van der Waals surface area contributed by atoms with Gasteiger partial charge in [0.2, 0.25) is 0 Å².